The molecule has 96 valence electrons. The molecule has 2 rings (SSSR count). The Morgan fingerprint density at radius 3 is 2.78 bits per heavy atom. The van der Waals surface area contributed by atoms with E-state index in [0.29, 0.717) is 0 Å². The molecule has 0 saturated carbocycles. The molecule has 0 aliphatic rings. The van der Waals surface area contributed by atoms with Crippen LogP contribution in [0.5, 0.6) is 0 Å². The van der Waals surface area contributed by atoms with Crippen LogP contribution in [0.4, 0.5) is 16.0 Å². The van der Waals surface area contributed by atoms with Crippen molar-refractivity contribution in [1.82, 2.24) is 9.55 Å². The van der Waals surface area contributed by atoms with Crippen LogP contribution in [0.2, 0.25) is 0 Å². The van der Waals surface area contributed by atoms with Crippen molar-refractivity contribution in [3.8, 4) is 0 Å². The Balaban J connectivity index is 2.27. The van der Waals surface area contributed by atoms with Gasteiger partial charge in [0.25, 0.3) is 0 Å². The van der Waals surface area contributed by atoms with E-state index in [1.54, 1.807) is 6.07 Å². The van der Waals surface area contributed by atoms with Gasteiger partial charge in [-0.15, -0.1) is 0 Å². The standard InChI is InChI=1S/C14H18FN3/c1-4-7-18-9-11(3)16-14(18)17-13-6-5-12(15)8-10(13)2/h5-6,8-9H,4,7H2,1-3H3,(H,16,17). The minimum atomic E-state index is -0.217. The average molecular weight is 247 g/mol. The van der Waals surface area contributed by atoms with Crippen molar-refractivity contribution in [3.63, 3.8) is 0 Å². The maximum atomic E-state index is 13.0. The van der Waals surface area contributed by atoms with Crippen molar-refractivity contribution in [2.75, 3.05) is 5.32 Å². The highest BCUT2D eigenvalue weighted by Crippen LogP contribution is 2.21. The van der Waals surface area contributed by atoms with Gasteiger partial charge in [0.15, 0.2) is 0 Å². The predicted octanol–water partition coefficient (Wildman–Crippen LogP) is 3.79. The van der Waals surface area contributed by atoms with E-state index in [-0.39, 0.29) is 5.82 Å². The molecule has 1 N–H and O–H groups in total. The Hall–Kier alpha value is -1.84. The van der Waals surface area contributed by atoms with Crippen LogP contribution < -0.4 is 5.32 Å². The smallest absolute Gasteiger partial charge is 0.207 e. The van der Waals surface area contributed by atoms with Crippen molar-refractivity contribution >= 4 is 11.6 Å². The number of nitrogens with zero attached hydrogens (tertiary/aromatic N) is 2. The number of halogens is 1. The second kappa shape index (κ2) is 5.21. The third kappa shape index (κ3) is 2.70. The molecule has 3 nitrogen and oxygen atoms in total. The van der Waals surface area contributed by atoms with Crippen LogP contribution in [0, 0.1) is 19.7 Å². The molecule has 0 bridgehead atoms. The number of rotatable bonds is 4. The fourth-order valence-electron chi connectivity index (χ4n) is 1.95. The number of imidazole rings is 1. The third-order valence-corrected chi connectivity index (χ3v) is 2.80. The van der Waals surface area contributed by atoms with Crippen LogP contribution in [0.1, 0.15) is 24.6 Å². The maximum Gasteiger partial charge on any atom is 0.207 e. The summed E-state index contributed by atoms with van der Waals surface area (Å²) in [6, 6.07) is 4.71. The fraction of sp³-hybridized carbons (Fsp3) is 0.357. The summed E-state index contributed by atoms with van der Waals surface area (Å²) in [4.78, 5) is 4.45. The van der Waals surface area contributed by atoms with Crippen LogP contribution in [0.15, 0.2) is 24.4 Å². The van der Waals surface area contributed by atoms with E-state index < -0.39 is 0 Å². The Bertz CT molecular complexity index is 546. The quantitative estimate of drug-likeness (QED) is 0.890. The first-order valence-electron chi connectivity index (χ1n) is 6.17. The highest BCUT2D eigenvalue weighted by atomic mass is 19.1. The number of anilines is 2. The number of hydrogen-bond acceptors (Lipinski definition) is 2. The summed E-state index contributed by atoms with van der Waals surface area (Å²) >= 11 is 0. The van der Waals surface area contributed by atoms with Crippen molar-refractivity contribution in [2.24, 2.45) is 0 Å². The largest absolute Gasteiger partial charge is 0.325 e. The molecule has 0 atom stereocenters. The van der Waals surface area contributed by atoms with Crippen molar-refractivity contribution in [3.05, 3.63) is 41.5 Å². The summed E-state index contributed by atoms with van der Waals surface area (Å²) in [5, 5.41) is 3.26. The van der Waals surface area contributed by atoms with Gasteiger partial charge in [0.2, 0.25) is 5.95 Å². The van der Waals surface area contributed by atoms with Gasteiger partial charge in [0.1, 0.15) is 5.82 Å². The number of benzene rings is 1. The summed E-state index contributed by atoms with van der Waals surface area (Å²) in [6.07, 6.45) is 3.07. The normalized spacial score (nSPS) is 10.7. The molecule has 1 heterocycles. The van der Waals surface area contributed by atoms with Gasteiger partial charge >= 0.3 is 0 Å². The van der Waals surface area contributed by atoms with Crippen molar-refractivity contribution in [2.45, 2.75) is 33.7 Å². The molecular formula is C14H18FN3. The molecule has 18 heavy (non-hydrogen) atoms. The number of hydrogen-bond donors (Lipinski definition) is 1. The van der Waals surface area contributed by atoms with E-state index >= 15 is 0 Å². The molecule has 0 radical (unpaired) electrons. The predicted molar refractivity (Wildman–Crippen MR) is 71.7 cm³/mol. The summed E-state index contributed by atoms with van der Waals surface area (Å²) in [5.74, 6) is 0.593. The summed E-state index contributed by atoms with van der Waals surface area (Å²) in [6.45, 7) is 6.89. The lowest BCUT2D eigenvalue weighted by Gasteiger charge is -2.10. The van der Waals surface area contributed by atoms with Crippen LogP contribution >= 0.6 is 0 Å². The third-order valence-electron chi connectivity index (χ3n) is 2.80. The first-order valence-corrected chi connectivity index (χ1v) is 6.17. The van der Waals surface area contributed by atoms with Gasteiger partial charge in [-0.3, -0.25) is 0 Å². The van der Waals surface area contributed by atoms with Crippen LogP contribution in [-0.2, 0) is 6.54 Å². The van der Waals surface area contributed by atoms with Gasteiger partial charge in [-0.1, -0.05) is 6.92 Å². The lowest BCUT2D eigenvalue weighted by molar-refractivity contribution is 0.627. The molecule has 0 saturated heterocycles. The molecule has 0 aliphatic heterocycles. The maximum absolute atomic E-state index is 13.0. The molecular weight excluding hydrogens is 229 g/mol. The lowest BCUT2D eigenvalue weighted by Crippen LogP contribution is -2.03. The molecule has 0 fully saturated rings. The van der Waals surface area contributed by atoms with Gasteiger partial charge in [0, 0.05) is 18.4 Å². The Labute approximate surface area is 107 Å². The van der Waals surface area contributed by atoms with Gasteiger partial charge in [-0.05, 0) is 44.0 Å². The van der Waals surface area contributed by atoms with E-state index in [1.807, 2.05) is 20.0 Å². The molecule has 0 aliphatic carbocycles. The minimum Gasteiger partial charge on any atom is -0.325 e. The van der Waals surface area contributed by atoms with E-state index in [2.05, 4.69) is 21.8 Å². The lowest BCUT2D eigenvalue weighted by atomic mass is 10.2. The van der Waals surface area contributed by atoms with Crippen LogP contribution in [0.25, 0.3) is 0 Å². The molecule has 0 spiro atoms. The monoisotopic (exact) mass is 247 g/mol. The molecule has 1 aromatic heterocycles. The molecule has 0 unspecified atom stereocenters. The van der Waals surface area contributed by atoms with Crippen LogP contribution in [0.3, 0.4) is 0 Å². The first kappa shape index (κ1) is 12.6. The zero-order valence-corrected chi connectivity index (χ0v) is 11.0. The zero-order valence-electron chi connectivity index (χ0n) is 11.0. The number of aryl methyl sites for hydroxylation is 3. The SMILES string of the molecule is CCCn1cc(C)nc1Nc1ccc(F)cc1C. The Morgan fingerprint density at radius 2 is 2.11 bits per heavy atom. The summed E-state index contributed by atoms with van der Waals surface area (Å²) < 4.78 is 15.1. The van der Waals surface area contributed by atoms with E-state index in [0.717, 1.165) is 35.9 Å². The molecule has 2 aromatic rings. The van der Waals surface area contributed by atoms with E-state index in [4.69, 9.17) is 0 Å². The van der Waals surface area contributed by atoms with Gasteiger partial charge in [-0.25, -0.2) is 9.37 Å². The minimum absolute atomic E-state index is 0.217. The fourth-order valence-corrected chi connectivity index (χ4v) is 1.95. The van der Waals surface area contributed by atoms with E-state index in [1.165, 1.54) is 12.1 Å². The molecule has 0 amide bonds. The second-order valence-corrected chi connectivity index (χ2v) is 4.48. The highest BCUT2D eigenvalue weighted by Gasteiger charge is 2.07. The topological polar surface area (TPSA) is 29.9 Å². The average Bonchev–Trinajstić information content (AvgIpc) is 2.64. The number of nitrogens with one attached hydrogen (secondary N) is 1. The highest BCUT2D eigenvalue weighted by molar-refractivity contribution is 5.58. The van der Waals surface area contributed by atoms with Crippen molar-refractivity contribution in [1.29, 1.82) is 0 Å². The summed E-state index contributed by atoms with van der Waals surface area (Å²) in [7, 11) is 0. The zero-order chi connectivity index (χ0) is 13.1. The second-order valence-electron chi connectivity index (χ2n) is 4.48. The number of aromatic nitrogens is 2. The molecule has 1 aromatic carbocycles. The van der Waals surface area contributed by atoms with E-state index in [9.17, 15) is 4.39 Å². The first-order chi connectivity index (χ1) is 8.60. The molecule has 4 heteroatoms. The van der Waals surface area contributed by atoms with Gasteiger partial charge < -0.3 is 9.88 Å². The van der Waals surface area contributed by atoms with Gasteiger partial charge in [0.05, 0.1) is 5.69 Å². The Morgan fingerprint density at radius 1 is 1.33 bits per heavy atom. The summed E-state index contributed by atoms with van der Waals surface area (Å²) in [5.41, 5.74) is 2.74. The van der Waals surface area contributed by atoms with Crippen LogP contribution in [-0.4, -0.2) is 9.55 Å². The van der Waals surface area contributed by atoms with Crippen molar-refractivity contribution < 1.29 is 4.39 Å². The Kier molecular flexibility index (Phi) is 3.65. The van der Waals surface area contributed by atoms with Gasteiger partial charge in [-0.2, -0.15) is 0 Å².